The van der Waals surface area contributed by atoms with Gasteiger partial charge in [-0.15, -0.1) is 11.3 Å². The van der Waals surface area contributed by atoms with Crippen molar-refractivity contribution in [2.24, 2.45) is 0 Å². The molecule has 4 aromatic rings. The van der Waals surface area contributed by atoms with E-state index in [1.807, 2.05) is 41.9 Å². The van der Waals surface area contributed by atoms with E-state index in [0.717, 1.165) is 21.5 Å². The van der Waals surface area contributed by atoms with Crippen molar-refractivity contribution in [1.29, 1.82) is 0 Å². The SMILES string of the molecule is Cc1nn(Cc2ccccc2)c2sc(C(=O)NCCc3cccc(F)c3)cc12. The zero-order valence-electron chi connectivity index (χ0n) is 15.5. The van der Waals surface area contributed by atoms with Crippen molar-refractivity contribution >= 4 is 27.5 Å². The molecule has 0 aliphatic carbocycles. The minimum absolute atomic E-state index is 0.108. The molecule has 28 heavy (non-hydrogen) atoms. The summed E-state index contributed by atoms with van der Waals surface area (Å²) in [5.74, 6) is -0.366. The lowest BCUT2D eigenvalue weighted by molar-refractivity contribution is 0.0958. The number of nitrogens with zero attached hydrogens (tertiary/aromatic N) is 2. The van der Waals surface area contributed by atoms with E-state index in [0.29, 0.717) is 24.4 Å². The van der Waals surface area contributed by atoms with Crippen LogP contribution in [0.25, 0.3) is 10.2 Å². The Balaban J connectivity index is 1.46. The summed E-state index contributed by atoms with van der Waals surface area (Å²) in [4.78, 5) is 14.2. The van der Waals surface area contributed by atoms with Crippen molar-refractivity contribution in [3.05, 3.63) is 88.2 Å². The highest BCUT2D eigenvalue weighted by atomic mass is 32.1. The molecule has 0 saturated carbocycles. The molecule has 4 rings (SSSR count). The first-order valence-electron chi connectivity index (χ1n) is 9.13. The maximum atomic E-state index is 13.2. The Bertz CT molecular complexity index is 1120. The maximum absolute atomic E-state index is 13.2. The van der Waals surface area contributed by atoms with E-state index in [2.05, 4.69) is 22.5 Å². The summed E-state index contributed by atoms with van der Waals surface area (Å²) >= 11 is 1.45. The summed E-state index contributed by atoms with van der Waals surface area (Å²) in [5.41, 5.74) is 2.95. The minimum atomic E-state index is -0.258. The molecule has 0 atom stereocenters. The minimum Gasteiger partial charge on any atom is -0.351 e. The number of hydrogen-bond donors (Lipinski definition) is 1. The van der Waals surface area contributed by atoms with E-state index in [-0.39, 0.29) is 11.7 Å². The highest BCUT2D eigenvalue weighted by Gasteiger charge is 2.16. The number of aromatic nitrogens is 2. The molecule has 0 radical (unpaired) electrons. The molecule has 6 heteroatoms. The second-order valence-corrected chi connectivity index (χ2v) is 7.72. The predicted molar refractivity (Wildman–Crippen MR) is 110 cm³/mol. The smallest absolute Gasteiger partial charge is 0.261 e. The quantitative estimate of drug-likeness (QED) is 0.522. The normalized spacial score (nSPS) is 11.1. The Morgan fingerprint density at radius 3 is 2.68 bits per heavy atom. The molecule has 0 fully saturated rings. The number of benzene rings is 2. The Morgan fingerprint density at radius 1 is 1.11 bits per heavy atom. The second-order valence-electron chi connectivity index (χ2n) is 6.69. The Labute approximate surface area is 166 Å². The van der Waals surface area contributed by atoms with Crippen molar-refractivity contribution in [3.8, 4) is 0 Å². The monoisotopic (exact) mass is 393 g/mol. The third-order valence-corrected chi connectivity index (χ3v) is 5.74. The number of fused-ring (bicyclic) bond motifs is 1. The summed E-state index contributed by atoms with van der Waals surface area (Å²) < 4.78 is 15.2. The fourth-order valence-corrected chi connectivity index (χ4v) is 4.27. The van der Waals surface area contributed by atoms with Crippen LogP contribution in [0.2, 0.25) is 0 Å². The molecule has 0 unspecified atom stereocenters. The number of halogens is 1. The van der Waals surface area contributed by atoms with Crippen LogP contribution < -0.4 is 5.32 Å². The number of thiophene rings is 1. The van der Waals surface area contributed by atoms with E-state index in [1.165, 1.54) is 29.0 Å². The second kappa shape index (κ2) is 7.94. The third-order valence-electron chi connectivity index (χ3n) is 4.59. The van der Waals surface area contributed by atoms with Gasteiger partial charge in [-0.05, 0) is 42.7 Å². The fourth-order valence-electron chi connectivity index (χ4n) is 3.19. The van der Waals surface area contributed by atoms with E-state index >= 15 is 0 Å². The number of amides is 1. The van der Waals surface area contributed by atoms with Crippen LogP contribution in [0.1, 0.15) is 26.5 Å². The van der Waals surface area contributed by atoms with Gasteiger partial charge in [-0.3, -0.25) is 9.48 Å². The van der Waals surface area contributed by atoms with Crippen molar-refractivity contribution in [1.82, 2.24) is 15.1 Å². The molecule has 4 nitrogen and oxygen atoms in total. The number of rotatable bonds is 6. The zero-order valence-corrected chi connectivity index (χ0v) is 16.3. The van der Waals surface area contributed by atoms with Crippen molar-refractivity contribution in [3.63, 3.8) is 0 Å². The van der Waals surface area contributed by atoms with E-state index < -0.39 is 0 Å². The largest absolute Gasteiger partial charge is 0.351 e. The summed E-state index contributed by atoms with van der Waals surface area (Å²) in [6, 6.07) is 18.5. The highest BCUT2D eigenvalue weighted by Crippen LogP contribution is 2.28. The molecular weight excluding hydrogens is 373 g/mol. The van der Waals surface area contributed by atoms with Crippen LogP contribution in [-0.4, -0.2) is 22.2 Å². The first kappa shape index (κ1) is 18.4. The van der Waals surface area contributed by atoms with Gasteiger partial charge in [-0.2, -0.15) is 5.10 Å². The predicted octanol–water partition coefficient (Wildman–Crippen LogP) is 4.57. The number of nitrogens with one attached hydrogen (secondary N) is 1. The molecule has 0 saturated heterocycles. The summed E-state index contributed by atoms with van der Waals surface area (Å²) in [6.07, 6.45) is 0.592. The Kier molecular flexibility index (Phi) is 5.21. The van der Waals surface area contributed by atoms with Gasteiger partial charge in [0.25, 0.3) is 5.91 Å². The van der Waals surface area contributed by atoms with Gasteiger partial charge in [0.1, 0.15) is 10.6 Å². The van der Waals surface area contributed by atoms with Crippen molar-refractivity contribution in [2.75, 3.05) is 6.54 Å². The topological polar surface area (TPSA) is 46.9 Å². The van der Waals surface area contributed by atoms with Gasteiger partial charge in [0, 0.05) is 11.9 Å². The van der Waals surface area contributed by atoms with Gasteiger partial charge in [0.05, 0.1) is 17.1 Å². The third kappa shape index (κ3) is 3.97. The van der Waals surface area contributed by atoms with Gasteiger partial charge in [-0.25, -0.2) is 4.39 Å². The zero-order chi connectivity index (χ0) is 19.5. The van der Waals surface area contributed by atoms with Gasteiger partial charge in [0.15, 0.2) is 0 Å². The van der Waals surface area contributed by atoms with Crippen LogP contribution in [0.4, 0.5) is 4.39 Å². The summed E-state index contributed by atoms with van der Waals surface area (Å²) in [6.45, 7) is 3.10. The average Bonchev–Trinajstić information content (AvgIpc) is 3.24. The number of carbonyl (C=O) groups is 1. The molecule has 0 bridgehead atoms. The molecule has 2 heterocycles. The fraction of sp³-hybridized carbons (Fsp3) is 0.182. The highest BCUT2D eigenvalue weighted by molar-refractivity contribution is 7.20. The molecule has 0 aliphatic rings. The molecule has 2 aromatic heterocycles. The molecule has 1 N–H and O–H groups in total. The van der Waals surface area contributed by atoms with Crippen LogP contribution in [0.3, 0.4) is 0 Å². The number of hydrogen-bond acceptors (Lipinski definition) is 3. The maximum Gasteiger partial charge on any atom is 0.261 e. The van der Waals surface area contributed by atoms with Gasteiger partial charge in [-0.1, -0.05) is 42.5 Å². The lowest BCUT2D eigenvalue weighted by Crippen LogP contribution is -2.24. The molecule has 1 amide bonds. The average molecular weight is 393 g/mol. The summed E-state index contributed by atoms with van der Waals surface area (Å²) in [7, 11) is 0. The molecule has 2 aromatic carbocycles. The van der Waals surface area contributed by atoms with Gasteiger partial charge in [0.2, 0.25) is 0 Å². The lowest BCUT2D eigenvalue weighted by Gasteiger charge is -2.04. The van der Waals surface area contributed by atoms with Crippen LogP contribution in [0.5, 0.6) is 0 Å². The Morgan fingerprint density at radius 2 is 1.89 bits per heavy atom. The van der Waals surface area contributed by atoms with Crippen molar-refractivity contribution < 1.29 is 9.18 Å². The molecule has 142 valence electrons. The summed E-state index contributed by atoms with van der Waals surface area (Å²) in [5, 5.41) is 8.55. The van der Waals surface area contributed by atoms with Crippen LogP contribution in [-0.2, 0) is 13.0 Å². The van der Waals surface area contributed by atoms with Gasteiger partial charge >= 0.3 is 0 Å². The molecule has 0 aliphatic heterocycles. The van der Waals surface area contributed by atoms with Gasteiger partial charge < -0.3 is 5.32 Å². The van der Waals surface area contributed by atoms with Crippen LogP contribution in [0.15, 0.2) is 60.7 Å². The molecule has 0 spiro atoms. The van der Waals surface area contributed by atoms with Crippen LogP contribution in [0, 0.1) is 12.7 Å². The standard InChI is InChI=1S/C22H20FN3OS/c1-15-19-13-20(21(27)24-11-10-16-8-5-9-18(23)12-16)28-22(19)26(25-15)14-17-6-3-2-4-7-17/h2-9,12-13H,10-11,14H2,1H3,(H,24,27). The van der Waals surface area contributed by atoms with Crippen LogP contribution >= 0.6 is 11.3 Å². The Hall–Kier alpha value is -2.99. The van der Waals surface area contributed by atoms with E-state index in [4.69, 9.17) is 0 Å². The van der Waals surface area contributed by atoms with Crippen molar-refractivity contribution in [2.45, 2.75) is 19.9 Å². The first-order valence-corrected chi connectivity index (χ1v) is 9.95. The van der Waals surface area contributed by atoms with E-state index in [1.54, 1.807) is 6.07 Å². The number of carbonyl (C=O) groups excluding carboxylic acids is 1. The van der Waals surface area contributed by atoms with E-state index in [9.17, 15) is 9.18 Å². The molecular formula is C22H20FN3OS. The number of aryl methyl sites for hydroxylation is 1. The lowest BCUT2D eigenvalue weighted by atomic mass is 10.1. The first-order chi connectivity index (χ1) is 13.6.